The van der Waals surface area contributed by atoms with E-state index in [9.17, 15) is 4.79 Å². The third-order valence-corrected chi connectivity index (χ3v) is 7.32. The minimum absolute atomic E-state index is 0.187. The zero-order valence-corrected chi connectivity index (χ0v) is 16.9. The third kappa shape index (κ3) is 3.67. The van der Waals surface area contributed by atoms with Crippen molar-refractivity contribution < 1.29 is 9.53 Å². The Hall–Kier alpha value is -1.59. The Morgan fingerprint density at radius 3 is 2.29 bits per heavy atom. The molecule has 1 aromatic rings. The maximum absolute atomic E-state index is 12.9. The van der Waals surface area contributed by atoms with Crippen molar-refractivity contribution in [3.05, 3.63) is 29.8 Å². The van der Waals surface area contributed by atoms with Gasteiger partial charge < -0.3 is 9.64 Å². The molecule has 1 amide bonds. The molecule has 3 heterocycles. The first-order chi connectivity index (χ1) is 13.8. The molecule has 4 aliphatic rings. The fourth-order valence-corrected chi connectivity index (χ4v) is 5.48. The molecule has 1 saturated carbocycles. The first-order valence-electron chi connectivity index (χ1n) is 11.3. The molecule has 0 N–H and O–H groups in total. The van der Waals surface area contributed by atoms with Gasteiger partial charge in [-0.3, -0.25) is 14.6 Å². The number of nitrogens with zero attached hydrogens (tertiary/aromatic N) is 3. The molecule has 0 bridgehead atoms. The Labute approximate surface area is 168 Å². The Bertz CT molecular complexity index is 689. The van der Waals surface area contributed by atoms with Crippen LogP contribution in [0.4, 0.5) is 0 Å². The molecule has 0 radical (unpaired) electrons. The number of amides is 1. The van der Waals surface area contributed by atoms with Crippen molar-refractivity contribution in [3.8, 4) is 5.75 Å². The van der Waals surface area contributed by atoms with E-state index in [0.29, 0.717) is 6.04 Å². The van der Waals surface area contributed by atoms with Crippen molar-refractivity contribution in [2.24, 2.45) is 0 Å². The summed E-state index contributed by atoms with van der Waals surface area (Å²) in [5.41, 5.74) is 1.23. The number of fused-ring (bicyclic) bond motifs is 1. The topological polar surface area (TPSA) is 36.0 Å². The summed E-state index contributed by atoms with van der Waals surface area (Å²) in [5, 5.41) is 0. The number of likely N-dealkylation sites (tertiary alicyclic amines) is 1. The SMILES string of the molecule is O=C(C1CCc2ccccc2O1)N1CC(N2CCN(C3CCCCC3)CC2)C1. The van der Waals surface area contributed by atoms with E-state index in [2.05, 4.69) is 15.9 Å². The predicted octanol–water partition coefficient (Wildman–Crippen LogP) is 2.54. The fourth-order valence-electron chi connectivity index (χ4n) is 5.48. The highest BCUT2D eigenvalue weighted by Gasteiger charge is 2.40. The van der Waals surface area contributed by atoms with Crippen LogP contribution in [0, 0.1) is 0 Å². The summed E-state index contributed by atoms with van der Waals surface area (Å²) < 4.78 is 6.00. The highest BCUT2D eigenvalue weighted by molar-refractivity contribution is 5.82. The monoisotopic (exact) mass is 383 g/mol. The van der Waals surface area contributed by atoms with E-state index in [4.69, 9.17) is 4.74 Å². The first-order valence-corrected chi connectivity index (χ1v) is 11.3. The summed E-state index contributed by atoms with van der Waals surface area (Å²) >= 11 is 0. The summed E-state index contributed by atoms with van der Waals surface area (Å²) in [6, 6.07) is 9.49. The van der Waals surface area contributed by atoms with Gasteiger partial charge in [-0.15, -0.1) is 0 Å². The summed E-state index contributed by atoms with van der Waals surface area (Å²) in [6.45, 7) is 6.50. The van der Waals surface area contributed by atoms with Gasteiger partial charge in [-0.1, -0.05) is 37.5 Å². The fraction of sp³-hybridized carbons (Fsp3) is 0.696. The molecule has 28 heavy (non-hydrogen) atoms. The van der Waals surface area contributed by atoms with E-state index < -0.39 is 0 Å². The van der Waals surface area contributed by atoms with E-state index in [1.807, 2.05) is 23.1 Å². The minimum atomic E-state index is -0.293. The van der Waals surface area contributed by atoms with Crippen molar-refractivity contribution in [2.45, 2.75) is 63.1 Å². The van der Waals surface area contributed by atoms with Crippen LogP contribution in [0.5, 0.6) is 5.75 Å². The number of para-hydroxylation sites is 1. The van der Waals surface area contributed by atoms with Crippen LogP contribution in [-0.4, -0.2) is 78.1 Å². The second kappa shape index (κ2) is 8.03. The number of aryl methyl sites for hydroxylation is 1. The summed E-state index contributed by atoms with van der Waals surface area (Å²) in [7, 11) is 0. The van der Waals surface area contributed by atoms with E-state index in [1.165, 1.54) is 50.8 Å². The maximum Gasteiger partial charge on any atom is 0.263 e. The molecule has 3 aliphatic heterocycles. The van der Waals surface area contributed by atoms with E-state index >= 15 is 0 Å². The number of piperazine rings is 1. The van der Waals surface area contributed by atoms with Gasteiger partial charge in [0.25, 0.3) is 5.91 Å². The van der Waals surface area contributed by atoms with Crippen LogP contribution < -0.4 is 4.74 Å². The van der Waals surface area contributed by atoms with Gasteiger partial charge >= 0.3 is 0 Å². The molecule has 1 aliphatic carbocycles. The highest BCUT2D eigenvalue weighted by Crippen LogP contribution is 2.29. The Morgan fingerprint density at radius 2 is 1.54 bits per heavy atom. The maximum atomic E-state index is 12.9. The molecule has 3 fully saturated rings. The number of carbonyl (C=O) groups excluding carboxylic acids is 1. The molecule has 0 spiro atoms. The van der Waals surface area contributed by atoms with Crippen LogP contribution in [0.1, 0.15) is 44.1 Å². The van der Waals surface area contributed by atoms with Gasteiger partial charge in [0.05, 0.1) is 0 Å². The molecule has 5 nitrogen and oxygen atoms in total. The van der Waals surface area contributed by atoms with Gasteiger partial charge in [0.1, 0.15) is 5.75 Å². The Balaban J connectivity index is 1.08. The van der Waals surface area contributed by atoms with Crippen LogP contribution >= 0.6 is 0 Å². The zero-order valence-electron chi connectivity index (χ0n) is 16.9. The number of ether oxygens (including phenoxy) is 1. The lowest BCUT2D eigenvalue weighted by Gasteiger charge is -2.50. The molecular formula is C23H33N3O2. The number of hydrogen-bond donors (Lipinski definition) is 0. The van der Waals surface area contributed by atoms with Gasteiger partial charge in [-0.2, -0.15) is 0 Å². The lowest BCUT2D eigenvalue weighted by atomic mass is 9.93. The van der Waals surface area contributed by atoms with Crippen LogP contribution in [0.2, 0.25) is 0 Å². The first kappa shape index (κ1) is 18.4. The smallest absolute Gasteiger partial charge is 0.263 e. The van der Waals surface area contributed by atoms with Gasteiger partial charge in [0.15, 0.2) is 6.10 Å². The van der Waals surface area contributed by atoms with E-state index in [-0.39, 0.29) is 12.0 Å². The number of carbonyl (C=O) groups is 1. The number of benzene rings is 1. The second-order valence-electron chi connectivity index (χ2n) is 9.01. The van der Waals surface area contributed by atoms with Crippen LogP contribution in [0.25, 0.3) is 0 Å². The lowest BCUT2D eigenvalue weighted by Crippen LogP contribution is -2.66. The van der Waals surface area contributed by atoms with E-state index in [0.717, 1.165) is 50.8 Å². The Kier molecular flexibility index (Phi) is 5.29. The highest BCUT2D eigenvalue weighted by atomic mass is 16.5. The number of rotatable bonds is 3. The molecule has 0 aromatic heterocycles. The van der Waals surface area contributed by atoms with Crippen LogP contribution in [-0.2, 0) is 11.2 Å². The summed E-state index contributed by atoms with van der Waals surface area (Å²) in [6.07, 6.45) is 8.50. The van der Waals surface area contributed by atoms with E-state index in [1.54, 1.807) is 0 Å². The molecule has 5 rings (SSSR count). The molecule has 1 unspecified atom stereocenters. The molecule has 1 aromatic carbocycles. The van der Waals surface area contributed by atoms with Crippen molar-refractivity contribution in [1.29, 1.82) is 0 Å². The second-order valence-corrected chi connectivity index (χ2v) is 9.01. The standard InChI is InChI=1S/C23H33N3O2/c27-23(22-11-10-18-6-4-5-9-21(18)28-22)26-16-20(17-26)25-14-12-24(13-15-25)19-7-2-1-3-8-19/h4-6,9,19-20,22H,1-3,7-8,10-17H2. The van der Waals surface area contributed by atoms with Crippen molar-refractivity contribution in [3.63, 3.8) is 0 Å². The van der Waals surface area contributed by atoms with Crippen molar-refractivity contribution in [2.75, 3.05) is 39.3 Å². The summed E-state index contributed by atoms with van der Waals surface area (Å²) in [4.78, 5) is 20.2. The Morgan fingerprint density at radius 1 is 0.857 bits per heavy atom. The molecule has 5 heteroatoms. The zero-order chi connectivity index (χ0) is 18.9. The van der Waals surface area contributed by atoms with Gasteiger partial charge in [0.2, 0.25) is 0 Å². The molecule has 2 saturated heterocycles. The van der Waals surface area contributed by atoms with Crippen LogP contribution in [0.3, 0.4) is 0 Å². The average Bonchev–Trinajstić information content (AvgIpc) is 2.73. The lowest BCUT2D eigenvalue weighted by molar-refractivity contribution is -0.147. The molecule has 152 valence electrons. The predicted molar refractivity (Wildman–Crippen MR) is 110 cm³/mol. The average molecular weight is 384 g/mol. The van der Waals surface area contributed by atoms with Crippen molar-refractivity contribution >= 4 is 5.91 Å². The van der Waals surface area contributed by atoms with Crippen LogP contribution in [0.15, 0.2) is 24.3 Å². The largest absolute Gasteiger partial charge is 0.480 e. The molecular weight excluding hydrogens is 350 g/mol. The van der Waals surface area contributed by atoms with Gasteiger partial charge in [-0.05, 0) is 37.3 Å². The van der Waals surface area contributed by atoms with Crippen molar-refractivity contribution in [1.82, 2.24) is 14.7 Å². The third-order valence-electron chi connectivity index (χ3n) is 7.32. The normalized spacial score (nSPS) is 27.7. The molecule has 1 atom stereocenters. The summed E-state index contributed by atoms with van der Waals surface area (Å²) in [5.74, 6) is 1.08. The quantitative estimate of drug-likeness (QED) is 0.804. The minimum Gasteiger partial charge on any atom is -0.480 e. The number of hydrogen-bond acceptors (Lipinski definition) is 4. The van der Waals surface area contributed by atoms with Gasteiger partial charge in [0, 0.05) is 51.4 Å². The van der Waals surface area contributed by atoms with Gasteiger partial charge in [-0.25, -0.2) is 0 Å².